The lowest BCUT2D eigenvalue weighted by atomic mass is 9.74. The SMILES string of the molecule is COc1ccc(-c2cc(C3CN4CCC3CC4CNS(=O)(=O)c3ccc(Cl)cc3)n(C)n2)cc1OC. The number of halogens is 1. The molecule has 1 N–H and O–H groups in total. The average molecular weight is 531 g/mol. The summed E-state index contributed by atoms with van der Waals surface area (Å²) in [5.74, 6) is 2.20. The molecule has 3 aliphatic heterocycles. The second kappa shape index (κ2) is 10.0. The summed E-state index contributed by atoms with van der Waals surface area (Å²) in [5, 5.41) is 5.31. The standard InChI is InChI=1S/C26H31ClN4O4S/c1-30-24(14-23(29-30)18-4-9-25(34-2)26(13-18)35-3)22-16-31-11-10-17(22)12-20(31)15-28-36(32,33)21-7-5-19(27)6-8-21/h4-9,13-14,17,20,22,28H,10-12,15-16H2,1-3H3. The number of rotatable bonds is 8. The minimum atomic E-state index is -3.57. The molecule has 2 aromatic carbocycles. The highest BCUT2D eigenvalue weighted by molar-refractivity contribution is 7.89. The lowest BCUT2D eigenvalue weighted by Gasteiger charge is -2.49. The van der Waals surface area contributed by atoms with Gasteiger partial charge in [0.15, 0.2) is 11.5 Å². The van der Waals surface area contributed by atoms with Crippen LogP contribution >= 0.6 is 11.6 Å². The number of ether oxygens (including phenoxy) is 2. The number of piperidine rings is 3. The lowest BCUT2D eigenvalue weighted by molar-refractivity contribution is 0.0306. The van der Waals surface area contributed by atoms with Crippen LogP contribution in [0.3, 0.4) is 0 Å². The second-order valence-electron chi connectivity index (χ2n) is 9.49. The lowest BCUT2D eigenvalue weighted by Crippen LogP contribution is -2.56. The molecule has 6 rings (SSSR count). The predicted octanol–water partition coefficient (Wildman–Crippen LogP) is 3.91. The molecular weight excluding hydrogens is 500 g/mol. The highest BCUT2D eigenvalue weighted by Gasteiger charge is 2.42. The number of hydrogen-bond donors (Lipinski definition) is 1. The van der Waals surface area contributed by atoms with E-state index in [-0.39, 0.29) is 10.9 Å². The molecular formula is C26H31ClN4O4S. The van der Waals surface area contributed by atoms with Crippen molar-refractivity contribution in [2.45, 2.75) is 29.7 Å². The Labute approximate surface area is 217 Å². The van der Waals surface area contributed by atoms with E-state index in [9.17, 15) is 8.42 Å². The maximum atomic E-state index is 12.7. The van der Waals surface area contributed by atoms with Gasteiger partial charge in [0.1, 0.15) is 0 Å². The van der Waals surface area contributed by atoms with Crippen LogP contribution < -0.4 is 14.2 Å². The molecule has 36 heavy (non-hydrogen) atoms. The van der Waals surface area contributed by atoms with Gasteiger partial charge in [0, 0.05) is 48.4 Å². The van der Waals surface area contributed by atoms with Gasteiger partial charge in [0.2, 0.25) is 10.0 Å². The Morgan fingerprint density at radius 2 is 1.83 bits per heavy atom. The van der Waals surface area contributed by atoms with Crippen LogP contribution in [-0.2, 0) is 17.1 Å². The largest absolute Gasteiger partial charge is 0.493 e. The Bertz CT molecular complexity index is 1340. The smallest absolute Gasteiger partial charge is 0.240 e. The van der Waals surface area contributed by atoms with Crippen LogP contribution in [0.1, 0.15) is 24.5 Å². The first-order valence-electron chi connectivity index (χ1n) is 12.0. The second-order valence-corrected chi connectivity index (χ2v) is 11.7. The van der Waals surface area contributed by atoms with Crippen LogP contribution in [0.2, 0.25) is 5.02 Å². The topological polar surface area (TPSA) is 85.7 Å². The molecule has 10 heteroatoms. The first-order chi connectivity index (χ1) is 17.3. The quantitative estimate of drug-likeness (QED) is 0.475. The van der Waals surface area contributed by atoms with Crippen LogP contribution in [-0.4, -0.2) is 63.0 Å². The number of methoxy groups -OCH3 is 2. The van der Waals surface area contributed by atoms with Gasteiger partial charge in [-0.1, -0.05) is 11.6 Å². The van der Waals surface area contributed by atoms with Crippen molar-refractivity contribution in [2.75, 3.05) is 33.9 Å². The number of aryl methyl sites for hydroxylation is 1. The van der Waals surface area contributed by atoms with E-state index in [4.69, 9.17) is 26.2 Å². The summed E-state index contributed by atoms with van der Waals surface area (Å²) in [4.78, 5) is 2.65. The molecule has 8 nitrogen and oxygen atoms in total. The van der Waals surface area contributed by atoms with E-state index in [1.54, 1.807) is 26.4 Å². The van der Waals surface area contributed by atoms with Gasteiger partial charge in [0.05, 0.1) is 24.8 Å². The zero-order valence-corrected chi connectivity index (χ0v) is 22.2. The number of benzene rings is 2. The number of fused-ring (bicyclic) bond motifs is 3. The fourth-order valence-corrected chi connectivity index (χ4v) is 6.75. The van der Waals surface area contributed by atoms with Gasteiger partial charge in [-0.2, -0.15) is 5.10 Å². The Kier molecular flexibility index (Phi) is 7.00. The van der Waals surface area contributed by atoms with Crippen molar-refractivity contribution in [3.8, 4) is 22.8 Å². The van der Waals surface area contributed by atoms with E-state index in [1.165, 1.54) is 17.8 Å². The third kappa shape index (κ3) is 4.85. The van der Waals surface area contributed by atoms with Gasteiger partial charge in [-0.05, 0) is 73.8 Å². The maximum absolute atomic E-state index is 12.7. The van der Waals surface area contributed by atoms with Crippen LogP contribution in [0.4, 0.5) is 0 Å². The predicted molar refractivity (Wildman–Crippen MR) is 139 cm³/mol. The molecule has 3 fully saturated rings. The van der Waals surface area contributed by atoms with Crippen molar-refractivity contribution in [1.82, 2.24) is 19.4 Å². The third-order valence-electron chi connectivity index (χ3n) is 7.49. The summed E-state index contributed by atoms with van der Waals surface area (Å²) < 4.78 is 41.1. The molecule has 4 unspecified atom stereocenters. The number of nitrogens with zero attached hydrogens (tertiary/aromatic N) is 3. The molecule has 3 aliphatic rings. The maximum Gasteiger partial charge on any atom is 0.240 e. The molecule has 1 aromatic heterocycles. The minimum absolute atomic E-state index is 0.181. The van der Waals surface area contributed by atoms with Crippen molar-refractivity contribution in [3.63, 3.8) is 0 Å². The van der Waals surface area contributed by atoms with E-state index in [2.05, 4.69) is 15.7 Å². The van der Waals surface area contributed by atoms with Gasteiger partial charge in [0.25, 0.3) is 0 Å². The van der Waals surface area contributed by atoms with Gasteiger partial charge in [-0.3, -0.25) is 9.58 Å². The van der Waals surface area contributed by atoms with Crippen molar-refractivity contribution in [2.24, 2.45) is 13.0 Å². The molecule has 0 aliphatic carbocycles. The Morgan fingerprint density at radius 1 is 1.08 bits per heavy atom. The highest BCUT2D eigenvalue weighted by Crippen LogP contribution is 2.42. The van der Waals surface area contributed by atoms with E-state index >= 15 is 0 Å². The van der Waals surface area contributed by atoms with Crippen molar-refractivity contribution >= 4 is 21.6 Å². The van der Waals surface area contributed by atoms with Gasteiger partial charge in [-0.15, -0.1) is 0 Å². The van der Waals surface area contributed by atoms with Gasteiger partial charge in [-0.25, -0.2) is 13.1 Å². The van der Waals surface area contributed by atoms with Crippen molar-refractivity contribution < 1.29 is 17.9 Å². The summed E-state index contributed by atoms with van der Waals surface area (Å²) in [6, 6.07) is 14.4. The molecule has 2 bridgehead atoms. The fourth-order valence-electron chi connectivity index (χ4n) is 5.55. The molecule has 4 atom stereocenters. The fraction of sp³-hybridized carbons (Fsp3) is 0.423. The van der Waals surface area contributed by atoms with Crippen molar-refractivity contribution in [3.05, 3.63) is 59.2 Å². The van der Waals surface area contributed by atoms with Crippen LogP contribution in [0.15, 0.2) is 53.4 Å². The molecule has 0 radical (unpaired) electrons. The van der Waals surface area contributed by atoms with Crippen molar-refractivity contribution in [1.29, 1.82) is 0 Å². The van der Waals surface area contributed by atoms with E-state index in [0.717, 1.165) is 37.2 Å². The molecule has 0 saturated carbocycles. The molecule has 0 amide bonds. The van der Waals surface area contributed by atoms with E-state index < -0.39 is 10.0 Å². The van der Waals surface area contributed by atoms with Gasteiger partial charge >= 0.3 is 0 Å². The number of sulfonamides is 1. The molecule has 3 saturated heterocycles. The van der Waals surface area contributed by atoms with E-state index in [1.807, 2.05) is 29.9 Å². The zero-order chi connectivity index (χ0) is 25.4. The summed E-state index contributed by atoms with van der Waals surface area (Å²) in [6.45, 7) is 2.27. The molecule has 3 aromatic rings. The molecule has 0 spiro atoms. The summed E-state index contributed by atoms with van der Waals surface area (Å²) in [5.41, 5.74) is 3.08. The number of nitrogens with one attached hydrogen (secondary N) is 1. The molecule has 4 heterocycles. The van der Waals surface area contributed by atoms with Crippen LogP contribution in [0, 0.1) is 5.92 Å². The van der Waals surface area contributed by atoms with E-state index in [0.29, 0.717) is 34.9 Å². The number of hydrogen-bond acceptors (Lipinski definition) is 6. The third-order valence-corrected chi connectivity index (χ3v) is 9.18. The summed E-state index contributed by atoms with van der Waals surface area (Å²) in [7, 11) is 1.68. The zero-order valence-electron chi connectivity index (χ0n) is 20.6. The van der Waals surface area contributed by atoms with Gasteiger partial charge < -0.3 is 9.47 Å². The highest BCUT2D eigenvalue weighted by atomic mass is 35.5. The first-order valence-corrected chi connectivity index (χ1v) is 13.9. The Balaban J connectivity index is 1.28. The van der Waals surface area contributed by atoms with Crippen LogP contribution in [0.5, 0.6) is 11.5 Å². The van der Waals surface area contributed by atoms with Crippen LogP contribution in [0.25, 0.3) is 11.3 Å². The summed E-state index contributed by atoms with van der Waals surface area (Å²) in [6.07, 6.45) is 2.05. The Hall–Kier alpha value is -2.59. The average Bonchev–Trinajstić information content (AvgIpc) is 3.29. The number of aromatic nitrogens is 2. The first kappa shape index (κ1) is 25.1. The summed E-state index contributed by atoms with van der Waals surface area (Å²) >= 11 is 5.90. The normalized spacial score (nSPS) is 23.6. The Morgan fingerprint density at radius 3 is 2.50 bits per heavy atom. The molecule has 192 valence electrons. The monoisotopic (exact) mass is 530 g/mol. The minimum Gasteiger partial charge on any atom is -0.493 e.